The molecule has 54 valence electrons. The molecular formula is C7H15NS. The Morgan fingerprint density at radius 3 is 2.78 bits per heavy atom. The first-order chi connectivity index (χ1) is 4.41. The van der Waals surface area contributed by atoms with Crippen LogP contribution in [-0.4, -0.2) is 18.1 Å². The fraction of sp³-hybridized carbons (Fsp3) is 0.714. The van der Waals surface area contributed by atoms with Crippen LogP contribution in [0.15, 0.2) is 12.7 Å². The van der Waals surface area contributed by atoms with Crippen molar-refractivity contribution in [3.8, 4) is 0 Å². The van der Waals surface area contributed by atoms with E-state index in [0.29, 0.717) is 0 Å². The summed E-state index contributed by atoms with van der Waals surface area (Å²) in [6, 6.07) is 0. The van der Waals surface area contributed by atoms with E-state index < -0.39 is 0 Å². The molecule has 0 atom stereocenters. The molecule has 0 rings (SSSR count). The van der Waals surface area contributed by atoms with Crippen molar-refractivity contribution >= 4 is 11.8 Å². The second-order valence-corrected chi connectivity index (χ2v) is 3.01. The first kappa shape index (κ1) is 9.05. The molecule has 0 saturated carbocycles. The molecule has 9 heavy (non-hydrogen) atoms. The van der Waals surface area contributed by atoms with E-state index in [4.69, 9.17) is 5.73 Å². The lowest BCUT2D eigenvalue weighted by Crippen LogP contribution is -1.98. The van der Waals surface area contributed by atoms with Gasteiger partial charge in [0.2, 0.25) is 0 Å². The first-order valence-electron chi connectivity index (χ1n) is 3.30. The van der Waals surface area contributed by atoms with Crippen LogP contribution in [0.1, 0.15) is 12.8 Å². The van der Waals surface area contributed by atoms with Gasteiger partial charge in [-0.2, -0.15) is 11.8 Å². The van der Waals surface area contributed by atoms with Crippen molar-refractivity contribution in [1.82, 2.24) is 0 Å². The normalized spacial score (nSPS) is 9.44. The highest BCUT2D eigenvalue weighted by molar-refractivity contribution is 7.99. The van der Waals surface area contributed by atoms with Crippen molar-refractivity contribution in [3.05, 3.63) is 12.7 Å². The molecule has 0 bridgehead atoms. The summed E-state index contributed by atoms with van der Waals surface area (Å²) in [4.78, 5) is 0. The Labute approximate surface area is 61.7 Å². The van der Waals surface area contributed by atoms with Crippen LogP contribution in [0.4, 0.5) is 0 Å². The fourth-order valence-corrected chi connectivity index (χ4v) is 1.26. The van der Waals surface area contributed by atoms with Gasteiger partial charge < -0.3 is 5.73 Å². The second-order valence-electron chi connectivity index (χ2n) is 1.86. The minimum absolute atomic E-state index is 0.828. The number of thioether (sulfide) groups is 1. The van der Waals surface area contributed by atoms with Crippen LogP contribution in [0.5, 0.6) is 0 Å². The smallest absolute Gasteiger partial charge is 0.0110 e. The van der Waals surface area contributed by atoms with Gasteiger partial charge in [-0.05, 0) is 25.1 Å². The maximum atomic E-state index is 5.31. The highest BCUT2D eigenvalue weighted by Gasteiger charge is 1.84. The molecule has 0 spiro atoms. The zero-order chi connectivity index (χ0) is 6.95. The maximum absolute atomic E-state index is 5.31. The Balaban J connectivity index is 2.66. The highest BCUT2D eigenvalue weighted by atomic mass is 32.2. The van der Waals surface area contributed by atoms with E-state index in [1.807, 2.05) is 17.8 Å². The van der Waals surface area contributed by atoms with Gasteiger partial charge in [0.15, 0.2) is 0 Å². The Morgan fingerprint density at radius 1 is 1.44 bits per heavy atom. The van der Waals surface area contributed by atoms with Gasteiger partial charge in [0.1, 0.15) is 0 Å². The fourth-order valence-electron chi connectivity index (χ4n) is 0.515. The molecule has 0 aromatic rings. The van der Waals surface area contributed by atoms with Crippen molar-refractivity contribution < 1.29 is 0 Å². The molecule has 0 radical (unpaired) electrons. The number of nitrogens with two attached hydrogens (primary N) is 1. The molecule has 0 aliphatic carbocycles. The van der Waals surface area contributed by atoms with Crippen molar-refractivity contribution in [2.24, 2.45) is 5.73 Å². The lowest BCUT2D eigenvalue weighted by Gasteiger charge is -1.94. The molecule has 0 aliphatic rings. The average Bonchev–Trinajstić information content (AvgIpc) is 1.89. The standard InChI is InChI=1S/C7H15NS/c1-2-6-9-7-4-3-5-8/h2H,1,3-8H2. The molecule has 0 fully saturated rings. The van der Waals surface area contributed by atoms with Gasteiger partial charge in [-0.1, -0.05) is 6.08 Å². The summed E-state index contributed by atoms with van der Waals surface area (Å²) in [5.74, 6) is 2.30. The molecule has 0 unspecified atom stereocenters. The van der Waals surface area contributed by atoms with Crippen molar-refractivity contribution in [2.45, 2.75) is 12.8 Å². The predicted molar refractivity (Wildman–Crippen MR) is 45.8 cm³/mol. The van der Waals surface area contributed by atoms with Crippen molar-refractivity contribution in [2.75, 3.05) is 18.1 Å². The van der Waals surface area contributed by atoms with Crippen LogP contribution < -0.4 is 5.73 Å². The number of hydrogen-bond donors (Lipinski definition) is 1. The van der Waals surface area contributed by atoms with E-state index >= 15 is 0 Å². The van der Waals surface area contributed by atoms with E-state index in [1.165, 1.54) is 12.2 Å². The van der Waals surface area contributed by atoms with Crippen LogP contribution in [0.3, 0.4) is 0 Å². The zero-order valence-electron chi connectivity index (χ0n) is 5.81. The van der Waals surface area contributed by atoms with Gasteiger partial charge >= 0.3 is 0 Å². The van der Waals surface area contributed by atoms with Crippen molar-refractivity contribution in [1.29, 1.82) is 0 Å². The number of hydrogen-bond acceptors (Lipinski definition) is 2. The van der Waals surface area contributed by atoms with Crippen LogP contribution in [0.25, 0.3) is 0 Å². The van der Waals surface area contributed by atoms with E-state index in [0.717, 1.165) is 18.7 Å². The van der Waals surface area contributed by atoms with Crippen LogP contribution in [-0.2, 0) is 0 Å². The van der Waals surface area contributed by atoms with Gasteiger partial charge in [0.25, 0.3) is 0 Å². The topological polar surface area (TPSA) is 26.0 Å². The van der Waals surface area contributed by atoms with Crippen LogP contribution in [0.2, 0.25) is 0 Å². The van der Waals surface area contributed by atoms with Gasteiger partial charge in [0, 0.05) is 5.75 Å². The Hall–Kier alpha value is 0.0500. The maximum Gasteiger partial charge on any atom is 0.0110 e. The number of unbranched alkanes of at least 4 members (excludes halogenated alkanes) is 1. The summed E-state index contributed by atoms with van der Waals surface area (Å²) in [5.41, 5.74) is 5.31. The summed E-state index contributed by atoms with van der Waals surface area (Å²) < 4.78 is 0. The molecule has 0 amide bonds. The molecule has 2 heteroatoms. The highest BCUT2D eigenvalue weighted by Crippen LogP contribution is 2.02. The third-order valence-corrected chi connectivity index (χ3v) is 2.03. The second kappa shape index (κ2) is 8.05. The molecule has 0 aromatic carbocycles. The predicted octanol–water partition coefficient (Wildman–Crippen LogP) is 1.64. The molecular weight excluding hydrogens is 130 g/mol. The lowest BCUT2D eigenvalue weighted by atomic mass is 10.3. The third kappa shape index (κ3) is 8.05. The summed E-state index contributed by atoms with van der Waals surface area (Å²) in [6.45, 7) is 4.46. The van der Waals surface area contributed by atoms with E-state index in [-0.39, 0.29) is 0 Å². The van der Waals surface area contributed by atoms with E-state index in [2.05, 4.69) is 6.58 Å². The van der Waals surface area contributed by atoms with Crippen LogP contribution >= 0.6 is 11.8 Å². The van der Waals surface area contributed by atoms with Gasteiger partial charge in [-0.15, -0.1) is 6.58 Å². The quantitative estimate of drug-likeness (QED) is 0.454. The minimum atomic E-state index is 0.828. The largest absolute Gasteiger partial charge is 0.330 e. The summed E-state index contributed by atoms with van der Waals surface area (Å²) in [6.07, 6.45) is 4.34. The van der Waals surface area contributed by atoms with Crippen molar-refractivity contribution in [3.63, 3.8) is 0 Å². The minimum Gasteiger partial charge on any atom is -0.330 e. The SMILES string of the molecule is C=CCSCCCCN. The Morgan fingerprint density at radius 2 is 2.22 bits per heavy atom. The molecule has 2 N–H and O–H groups in total. The molecule has 0 aliphatic heterocycles. The lowest BCUT2D eigenvalue weighted by molar-refractivity contribution is 0.815. The Bertz CT molecular complexity index is 63.9. The van der Waals surface area contributed by atoms with E-state index in [1.54, 1.807) is 0 Å². The first-order valence-corrected chi connectivity index (χ1v) is 4.46. The monoisotopic (exact) mass is 145 g/mol. The molecule has 0 aromatic heterocycles. The van der Waals surface area contributed by atoms with Gasteiger partial charge in [0.05, 0.1) is 0 Å². The summed E-state index contributed by atoms with van der Waals surface area (Å²) in [5, 5.41) is 0. The molecule has 0 saturated heterocycles. The average molecular weight is 145 g/mol. The molecule has 0 heterocycles. The summed E-state index contributed by atoms with van der Waals surface area (Å²) >= 11 is 1.92. The number of rotatable bonds is 6. The Kier molecular flexibility index (Phi) is 8.09. The van der Waals surface area contributed by atoms with Gasteiger partial charge in [-0.3, -0.25) is 0 Å². The van der Waals surface area contributed by atoms with Crippen LogP contribution in [0, 0.1) is 0 Å². The van der Waals surface area contributed by atoms with E-state index in [9.17, 15) is 0 Å². The summed E-state index contributed by atoms with van der Waals surface area (Å²) in [7, 11) is 0. The zero-order valence-corrected chi connectivity index (χ0v) is 6.62. The molecule has 1 nitrogen and oxygen atoms in total. The third-order valence-electron chi connectivity index (χ3n) is 0.979. The van der Waals surface area contributed by atoms with Gasteiger partial charge in [-0.25, -0.2) is 0 Å².